The van der Waals surface area contributed by atoms with E-state index in [1.54, 1.807) is 0 Å². The van der Waals surface area contributed by atoms with Crippen LogP contribution in [-0.4, -0.2) is 6.10 Å². The lowest BCUT2D eigenvalue weighted by molar-refractivity contribution is 0.280. The van der Waals surface area contributed by atoms with Gasteiger partial charge in [-0.2, -0.15) is 0 Å². The Balaban J connectivity index is 1.02. The number of benzene rings is 8. The lowest BCUT2D eigenvalue weighted by Gasteiger charge is -2.27. The Morgan fingerprint density at radius 1 is 0.603 bits per heavy atom. The number of hydrogen-bond donors (Lipinski definition) is 0. The molecule has 0 saturated heterocycles. The highest BCUT2D eigenvalue weighted by molar-refractivity contribution is 6.09. The van der Waals surface area contributed by atoms with E-state index in [9.17, 15) is 0 Å². The smallest absolute Gasteiger partial charge is 0.135 e. The molecule has 0 fully saturated rings. The van der Waals surface area contributed by atoms with Crippen LogP contribution in [0.4, 0.5) is 17.1 Å². The summed E-state index contributed by atoms with van der Waals surface area (Å²) >= 11 is 0. The summed E-state index contributed by atoms with van der Waals surface area (Å²) in [4.78, 5) is 2.40. The van der Waals surface area contributed by atoms with Gasteiger partial charge >= 0.3 is 0 Å². The summed E-state index contributed by atoms with van der Waals surface area (Å²) in [6, 6.07) is 58.7. The maximum atomic E-state index is 6.58. The fraction of sp³-hybridized carbons (Fsp3) is 0.143. The zero-order valence-corrected chi connectivity index (χ0v) is 33.3. The van der Waals surface area contributed by atoms with E-state index in [1.807, 2.05) is 0 Å². The zero-order chi connectivity index (χ0) is 39.0. The van der Waals surface area contributed by atoms with E-state index < -0.39 is 0 Å². The van der Waals surface area contributed by atoms with Gasteiger partial charge in [-0.1, -0.05) is 167 Å². The van der Waals surface area contributed by atoms with Crippen LogP contribution >= 0.6 is 0 Å². The number of rotatable bonds is 7. The van der Waals surface area contributed by atoms with Crippen LogP contribution in [0.15, 0.2) is 176 Å². The molecule has 1 unspecified atom stereocenters. The average Bonchev–Trinajstić information content (AvgIpc) is 3.77. The highest BCUT2D eigenvalue weighted by Crippen LogP contribution is 2.54. The number of allylic oxidation sites excluding steroid dienone is 2. The van der Waals surface area contributed by atoms with Gasteiger partial charge in [0.1, 0.15) is 11.9 Å². The molecule has 2 nitrogen and oxygen atoms in total. The normalized spacial score (nSPS) is 15.7. The Labute approximate surface area is 341 Å². The Morgan fingerprint density at radius 2 is 1.24 bits per heavy atom. The van der Waals surface area contributed by atoms with Crippen LogP contribution in [0.1, 0.15) is 55.9 Å². The van der Waals surface area contributed by atoms with Crippen molar-refractivity contribution < 1.29 is 4.74 Å². The third-order valence-corrected chi connectivity index (χ3v) is 12.9. The first-order valence-corrected chi connectivity index (χ1v) is 20.8. The van der Waals surface area contributed by atoms with Gasteiger partial charge in [-0.15, -0.1) is 0 Å². The van der Waals surface area contributed by atoms with Crippen molar-refractivity contribution in [2.45, 2.75) is 51.6 Å². The molecule has 0 saturated carbocycles. The average molecular weight is 748 g/mol. The quantitative estimate of drug-likeness (QED) is 0.151. The minimum absolute atomic E-state index is 0.0474. The highest BCUT2D eigenvalue weighted by Gasteiger charge is 2.38. The minimum atomic E-state index is -0.0474. The molecule has 3 aliphatic rings. The summed E-state index contributed by atoms with van der Waals surface area (Å²) in [6.07, 6.45) is 9.80. The second-order valence-electron chi connectivity index (χ2n) is 16.6. The molecule has 280 valence electrons. The van der Waals surface area contributed by atoms with Gasteiger partial charge in [-0.25, -0.2) is 0 Å². The summed E-state index contributed by atoms with van der Waals surface area (Å²) in [5.74, 6) is 0.990. The SMILES string of the molecule is CCCc1cccc2c1C(C)(C)c1cccc(-c3ccc(N(c4ccc(-c5cccc6c5OC5CC=CC=C65)cc4)c4ccc5ccc6ccccc6c5c4)cc3)c1-2. The predicted octanol–water partition coefficient (Wildman–Crippen LogP) is 15.2. The summed E-state index contributed by atoms with van der Waals surface area (Å²) in [6.45, 7) is 7.09. The Bertz CT molecular complexity index is 2980. The maximum Gasteiger partial charge on any atom is 0.135 e. The molecule has 1 heterocycles. The van der Waals surface area contributed by atoms with Crippen molar-refractivity contribution in [2.24, 2.45) is 0 Å². The molecular weight excluding hydrogens is 703 g/mol. The van der Waals surface area contributed by atoms with Gasteiger partial charge in [0.2, 0.25) is 0 Å². The molecule has 0 spiro atoms. The van der Waals surface area contributed by atoms with Crippen molar-refractivity contribution in [2.75, 3.05) is 4.90 Å². The largest absolute Gasteiger partial charge is 0.484 e. The summed E-state index contributed by atoms with van der Waals surface area (Å²) < 4.78 is 6.58. The number of anilines is 3. The molecule has 11 rings (SSSR count). The van der Waals surface area contributed by atoms with Crippen molar-refractivity contribution in [1.29, 1.82) is 0 Å². The third kappa shape index (κ3) is 5.39. The van der Waals surface area contributed by atoms with E-state index in [0.29, 0.717) is 0 Å². The van der Waals surface area contributed by atoms with Gasteiger partial charge in [0.05, 0.1) is 0 Å². The molecule has 1 atom stereocenters. The lowest BCUT2D eigenvalue weighted by atomic mass is 9.79. The van der Waals surface area contributed by atoms with Crippen LogP contribution in [0.2, 0.25) is 0 Å². The molecule has 8 aromatic rings. The minimum Gasteiger partial charge on any atom is -0.484 e. The van der Waals surface area contributed by atoms with Crippen LogP contribution < -0.4 is 9.64 Å². The molecule has 2 heteroatoms. The van der Waals surface area contributed by atoms with Crippen molar-refractivity contribution in [3.8, 4) is 39.1 Å². The van der Waals surface area contributed by atoms with Crippen molar-refractivity contribution >= 4 is 44.2 Å². The summed E-state index contributed by atoms with van der Waals surface area (Å²) in [7, 11) is 0. The van der Waals surface area contributed by atoms with Crippen molar-refractivity contribution in [1.82, 2.24) is 0 Å². The Kier molecular flexibility index (Phi) is 8.05. The van der Waals surface area contributed by atoms with Crippen LogP contribution in [-0.2, 0) is 11.8 Å². The summed E-state index contributed by atoms with van der Waals surface area (Å²) in [5, 5.41) is 5.00. The van der Waals surface area contributed by atoms with E-state index >= 15 is 0 Å². The lowest BCUT2D eigenvalue weighted by Crippen LogP contribution is -2.17. The molecule has 0 bridgehead atoms. The highest BCUT2D eigenvalue weighted by atomic mass is 16.5. The van der Waals surface area contributed by atoms with Crippen molar-refractivity contribution in [3.05, 3.63) is 198 Å². The van der Waals surface area contributed by atoms with Crippen LogP contribution in [0.5, 0.6) is 5.75 Å². The number of aryl methyl sites for hydroxylation is 1. The van der Waals surface area contributed by atoms with Gasteiger partial charge in [0, 0.05) is 45.6 Å². The number of ether oxygens (including phenoxy) is 1. The molecule has 1 aliphatic heterocycles. The number of para-hydroxylation sites is 1. The van der Waals surface area contributed by atoms with Crippen LogP contribution in [0.3, 0.4) is 0 Å². The second kappa shape index (κ2) is 13.5. The molecule has 2 aliphatic carbocycles. The Hall–Kier alpha value is -6.64. The monoisotopic (exact) mass is 747 g/mol. The van der Waals surface area contributed by atoms with Gasteiger partial charge < -0.3 is 9.64 Å². The first-order valence-electron chi connectivity index (χ1n) is 20.8. The van der Waals surface area contributed by atoms with Gasteiger partial charge in [-0.3, -0.25) is 0 Å². The molecule has 0 aromatic heterocycles. The van der Waals surface area contributed by atoms with Gasteiger partial charge in [0.25, 0.3) is 0 Å². The molecule has 8 aromatic carbocycles. The molecule has 58 heavy (non-hydrogen) atoms. The van der Waals surface area contributed by atoms with E-state index in [1.165, 1.54) is 71.6 Å². The number of fused-ring (bicyclic) bond motifs is 9. The molecular formula is C56H45NO. The molecule has 0 radical (unpaired) electrons. The van der Waals surface area contributed by atoms with E-state index in [2.05, 4.69) is 202 Å². The fourth-order valence-corrected chi connectivity index (χ4v) is 10.2. The fourth-order valence-electron chi connectivity index (χ4n) is 10.2. The van der Waals surface area contributed by atoms with Gasteiger partial charge in [-0.05, 0) is 109 Å². The second-order valence-corrected chi connectivity index (χ2v) is 16.6. The first-order chi connectivity index (χ1) is 28.5. The topological polar surface area (TPSA) is 12.5 Å². The maximum absolute atomic E-state index is 6.58. The molecule has 0 amide bonds. The van der Waals surface area contributed by atoms with E-state index in [0.717, 1.165) is 53.2 Å². The zero-order valence-electron chi connectivity index (χ0n) is 33.3. The van der Waals surface area contributed by atoms with E-state index in [4.69, 9.17) is 4.74 Å². The molecule has 0 N–H and O–H groups in total. The Morgan fingerprint density at radius 3 is 2.03 bits per heavy atom. The summed E-state index contributed by atoms with van der Waals surface area (Å²) in [5.41, 5.74) is 17.7. The number of hydrogen-bond acceptors (Lipinski definition) is 2. The van der Waals surface area contributed by atoms with E-state index in [-0.39, 0.29) is 11.5 Å². The number of nitrogens with zero attached hydrogens (tertiary/aromatic N) is 1. The standard InChI is InChI=1S/C56H45NO/c1-4-12-40-14-9-20-49-53-45(17-11-21-51(53)56(2,3)54(40)49)37-25-30-41(31-26-37)57(43-34-29-39-24-23-36-13-5-6-15-44(36)50(39)35-43)42-32-27-38(28-33-42)46-18-10-19-48-47-16-7-8-22-52(47)58-55(46)48/h5-11,13-21,23-35,52H,4,12,22H2,1-3H3. The van der Waals surface area contributed by atoms with Crippen LogP contribution in [0, 0.1) is 0 Å². The third-order valence-electron chi connectivity index (χ3n) is 12.9. The van der Waals surface area contributed by atoms with Crippen molar-refractivity contribution in [3.63, 3.8) is 0 Å². The van der Waals surface area contributed by atoms with Gasteiger partial charge in [0.15, 0.2) is 0 Å². The first kappa shape index (κ1) is 34.6. The van der Waals surface area contributed by atoms with Crippen LogP contribution in [0.25, 0.3) is 60.5 Å². The predicted molar refractivity (Wildman–Crippen MR) is 245 cm³/mol.